The van der Waals surface area contributed by atoms with E-state index in [0.29, 0.717) is 11.3 Å². The zero-order valence-electron chi connectivity index (χ0n) is 11.0. The minimum atomic E-state index is -1.02. The molecule has 0 unspecified atom stereocenters. The highest BCUT2D eigenvalue weighted by atomic mass is 16.7. The van der Waals surface area contributed by atoms with Crippen LogP contribution < -0.4 is 4.74 Å². The molecule has 0 radical (unpaired) electrons. The lowest BCUT2D eigenvalue weighted by Gasteiger charge is -2.18. The predicted octanol–water partition coefficient (Wildman–Crippen LogP) is 3.10. The maximum absolute atomic E-state index is 11.4. The summed E-state index contributed by atoms with van der Waals surface area (Å²) < 4.78 is 9.97. The molecule has 102 valence electrons. The van der Waals surface area contributed by atoms with Crippen LogP contribution in [0, 0.1) is 0 Å². The first-order valence-electron chi connectivity index (χ1n) is 5.68. The number of ether oxygens (including phenoxy) is 2. The third-order valence-electron chi connectivity index (χ3n) is 1.89. The molecule has 0 aliphatic rings. The number of carboxylic acid groups (broad SMARTS) is 1. The van der Waals surface area contributed by atoms with Gasteiger partial charge in [0.25, 0.3) is 0 Å². The SMILES string of the molecule is CC(C)(C)OC(=O)Oc1ccc(/C=C/C(=O)O)cc1. The second-order valence-corrected chi connectivity index (χ2v) is 4.81. The van der Waals surface area contributed by atoms with Gasteiger partial charge in [0, 0.05) is 6.08 Å². The molecular formula is C14H16O5. The van der Waals surface area contributed by atoms with Gasteiger partial charge in [-0.2, -0.15) is 0 Å². The zero-order valence-corrected chi connectivity index (χ0v) is 11.0. The van der Waals surface area contributed by atoms with E-state index in [-0.39, 0.29) is 0 Å². The molecule has 0 aliphatic carbocycles. The van der Waals surface area contributed by atoms with E-state index in [0.717, 1.165) is 6.08 Å². The standard InChI is InChI=1S/C14H16O5/c1-14(2,3)19-13(17)18-11-7-4-10(5-8-11)6-9-12(15)16/h4-9H,1-3H3,(H,15,16)/b9-6+. The van der Waals surface area contributed by atoms with Crippen molar-refractivity contribution < 1.29 is 24.2 Å². The number of aliphatic carboxylic acids is 1. The molecule has 1 aromatic carbocycles. The summed E-state index contributed by atoms with van der Waals surface area (Å²) in [7, 11) is 0. The van der Waals surface area contributed by atoms with Crippen molar-refractivity contribution >= 4 is 18.2 Å². The molecule has 0 saturated heterocycles. The summed E-state index contributed by atoms with van der Waals surface area (Å²) in [5.74, 6) is -0.684. The van der Waals surface area contributed by atoms with E-state index in [9.17, 15) is 9.59 Å². The van der Waals surface area contributed by atoms with E-state index in [2.05, 4.69) is 0 Å². The second-order valence-electron chi connectivity index (χ2n) is 4.81. The van der Waals surface area contributed by atoms with Gasteiger partial charge in [0.15, 0.2) is 0 Å². The molecule has 0 aromatic heterocycles. The van der Waals surface area contributed by atoms with Crippen molar-refractivity contribution in [1.29, 1.82) is 0 Å². The van der Waals surface area contributed by atoms with E-state index in [1.54, 1.807) is 45.0 Å². The number of rotatable bonds is 3. The van der Waals surface area contributed by atoms with Gasteiger partial charge < -0.3 is 14.6 Å². The number of benzene rings is 1. The maximum Gasteiger partial charge on any atom is 0.514 e. The molecule has 0 aliphatic heterocycles. The molecular weight excluding hydrogens is 248 g/mol. The van der Waals surface area contributed by atoms with E-state index in [1.807, 2.05) is 0 Å². The molecule has 1 N–H and O–H groups in total. The van der Waals surface area contributed by atoms with E-state index < -0.39 is 17.7 Å². The molecule has 0 spiro atoms. The zero-order chi connectivity index (χ0) is 14.5. The van der Waals surface area contributed by atoms with Crippen molar-refractivity contribution in [2.24, 2.45) is 0 Å². The summed E-state index contributed by atoms with van der Waals surface area (Å²) in [6.45, 7) is 5.23. The Morgan fingerprint density at radius 3 is 2.21 bits per heavy atom. The summed E-state index contributed by atoms with van der Waals surface area (Å²) in [5.41, 5.74) is 0.0836. The Hall–Kier alpha value is -2.30. The molecule has 0 atom stereocenters. The lowest BCUT2D eigenvalue weighted by molar-refractivity contribution is -0.131. The van der Waals surface area contributed by atoms with Gasteiger partial charge in [-0.15, -0.1) is 0 Å². The van der Waals surface area contributed by atoms with Crippen LogP contribution >= 0.6 is 0 Å². The minimum Gasteiger partial charge on any atom is -0.478 e. The molecule has 1 aromatic rings. The van der Waals surface area contributed by atoms with Gasteiger partial charge in [-0.3, -0.25) is 0 Å². The smallest absolute Gasteiger partial charge is 0.478 e. The van der Waals surface area contributed by atoms with Gasteiger partial charge in [-0.25, -0.2) is 9.59 Å². The first-order chi connectivity index (χ1) is 8.76. The fourth-order valence-electron chi connectivity index (χ4n) is 1.18. The van der Waals surface area contributed by atoms with Crippen molar-refractivity contribution in [3.63, 3.8) is 0 Å². The van der Waals surface area contributed by atoms with Crippen molar-refractivity contribution in [2.45, 2.75) is 26.4 Å². The van der Waals surface area contributed by atoms with Gasteiger partial charge in [0.2, 0.25) is 0 Å². The molecule has 0 saturated carbocycles. The number of carbonyl (C=O) groups is 2. The highest BCUT2D eigenvalue weighted by molar-refractivity contribution is 5.85. The van der Waals surface area contributed by atoms with E-state index in [4.69, 9.17) is 14.6 Å². The topological polar surface area (TPSA) is 72.8 Å². The summed E-state index contributed by atoms with van der Waals surface area (Å²) in [4.78, 5) is 21.7. The summed E-state index contributed by atoms with van der Waals surface area (Å²) in [6.07, 6.45) is 1.70. The fourth-order valence-corrected chi connectivity index (χ4v) is 1.18. The number of carboxylic acids is 1. The lowest BCUT2D eigenvalue weighted by atomic mass is 10.2. The van der Waals surface area contributed by atoms with Gasteiger partial charge in [-0.05, 0) is 44.5 Å². The Kier molecular flexibility index (Phi) is 4.69. The van der Waals surface area contributed by atoms with Crippen molar-refractivity contribution in [2.75, 3.05) is 0 Å². The van der Waals surface area contributed by atoms with Crippen LogP contribution in [0.4, 0.5) is 4.79 Å². The summed E-state index contributed by atoms with van der Waals surface area (Å²) in [6, 6.07) is 6.40. The maximum atomic E-state index is 11.4. The Labute approximate surface area is 111 Å². The van der Waals surface area contributed by atoms with Gasteiger partial charge in [0.1, 0.15) is 11.4 Å². The molecule has 0 bridgehead atoms. The Bertz CT molecular complexity index is 480. The van der Waals surface area contributed by atoms with Crippen LogP contribution in [0.5, 0.6) is 5.75 Å². The minimum absolute atomic E-state index is 0.335. The third-order valence-corrected chi connectivity index (χ3v) is 1.89. The summed E-state index contributed by atoms with van der Waals surface area (Å²) in [5, 5.41) is 8.48. The Balaban J connectivity index is 2.62. The number of hydrogen-bond donors (Lipinski definition) is 1. The molecule has 1 rings (SSSR count). The normalized spacial score (nSPS) is 11.3. The molecule has 0 amide bonds. The quantitative estimate of drug-likeness (QED) is 0.516. The third kappa shape index (κ3) is 6.26. The van der Waals surface area contributed by atoms with Crippen LogP contribution in [-0.4, -0.2) is 22.8 Å². The highest BCUT2D eigenvalue weighted by Crippen LogP contribution is 2.15. The van der Waals surface area contributed by atoms with Crippen molar-refractivity contribution in [3.8, 4) is 5.75 Å². The van der Waals surface area contributed by atoms with Crippen LogP contribution in [0.2, 0.25) is 0 Å². The van der Waals surface area contributed by atoms with Crippen LogP contribution in [-0.2, 0) is 9.53 Å². The van der Waals surface area contributed by atoms with Crippen LogP contribution in [0.15, 0.2) is 30.3 Å². The molecule has 19 heavy (non-hydrogen) atoms. The molecule has 0 heterocycles. The summed E-state index contributed by atoms with van der Waals surface area (Å²) >= 11 is 0. The Morgan fingerprint density at radius 1 is 1.16 bits per heavy atom. The largest absolute Gasteiger partial charge is 0.514 e. The average molecular weight is 264 g/mol. The second kappa shape index (κ2) is 6.04. The number of hydrogen-bond acceptors (Lipinski definition) is 4. The van der Waals surface area contributed by atoms with Gasteiger partial charge in [-0.1, -0.05) is 12.1 Å². The monoisotopic (exact) mass is 264 g/mol. The molecule has 5 heteroatoms. The van der Waals surface area contributed by atoms with Crippen LogP contribution in [0.3, 0.4) is 0 Å². The fraction of sp³-hybridized carbons (Fsp3) is 0.286. The van der Waals surface area contributed by atoms with Crippen LogP contribution in [0.25, 0.3) is 6.08 Å². The predicted molar refractivity (Wildman–Crippen MR) is 70.0 cm³/mol. The van der Waals surface area contributed by atoms with Crippen molar-refractivity contribution in [3.05, 3.63) is 35.9 Å². The highest BCUT2D eigenvalue weighted by Gasteiger charge is 2.17. The van der Waals surface area contributed by atoms with E-state index in [1.165, 1.54) is 6.08 Å². The van der Waals surface area contributed by atoms with Gasteiger partial charge in [0.05, 0.1) is 0 Å². The average Bonchev–Trinajstić information content (AvgIpc) is 2.25. The van der Waals surface area contributed by atoms with Crippen LogP contribution in [0.1, 0.15) is 26.3 Å². The first kappa shape index (κ1) is 14.8. The van der Waals surface area contributed by atoms with Crippen molar-refractivity contribution in [1.82, 2.24) is 0 Å². The number of carbonyl (C=O) groups excluding carboxylic acids is 1. The lowest BCUT2D eigenvalue weighted by Crippen LogP contribution is -2.25. The van der Waals surface area contributed by atoms with Gasteiger partial charge >= 0.3 is 12.1 Å². The Morgan fingerprint density at radius 2 is 1.74 bits per heavy atom. The molecule has 0 fully saturated rings. The first-order valence-corrected chi connectivity index (χ1v) is 5.68. The molecule has 5 nitrogen and oxygen atoms in total. The van der Waals surface area contributed by atoms with E-state index >= 15 is 0 Å².